The molecule has 2 aromatic heterocycles. The lowest BCUT2D eigenvalue weighted by Crippen LogP contribution is -2.29. The summed E-state index contributed by atoms with van der Waals surface area (Å²) in [5.74, 6) is 1.74. The van der Waals surface area contributed by atoms with E-state index in [9.17, 15) is 9.59 Å². The van der Waals surface area contributed by atoms with Crippen LogP contribution in [0.15, 0.2) is 71.3 Å². The number of hydrogen-bond acceptors (Lipinski definition) is 9. The van der Waals surface area contributed by atoms with Crippen molar-refractivity contribution in [2.45, 2.75) is 19.4 Å². The number of aromatic nitrogens is 3. The Hall–Kier alpha value is -4.77. The van der Waals surface area contributed by atoms with Gasteiger partial charge in [-0.25, -0.2) is 4.98 Å². The van der Waals surface area contributed by atoms with Crippen LogP contribution in [-0.2, 0) is 4.79 Å². The zero-order valence-corrected chi connectivity index (χ0v) is 21.9. The lowest BCUT2D eigenvalue weighted by Gasteiger charge is -2.15. The molecule has 11 heteroatoms. The van der Waals surface area contributed by atoms with E-state index < -0.39 is 6.10 Å². The van der Waals surface area contributed by atoms with Crippen molar-refractivity contribution < 1.29 is 23.6 Å². The smallest absolute Gasteiger partial charge is 0.263 e. The first kappa shape index (κ1) is 24.6. The molecule has 1 fully saturated rings. The maximum Gasteiger partial charge on any atom is 0.263 e. The molecule has 1 atom stereocenters. The summed E-state index contributed by atoms with van der Waals surface area (Å²) in [4.78, 5) is 36.0. The van der Waals surface area contributed by atoms with E-state index in [-0.39, 0.29) is 11.8 Å². The maximum atomic E-state index is 13.3. The molecule has 1 aliphatic heterocycles. The van der Waals surface area contributed by atoms with Crippen molar-refractivity contribution in [3.05, 3.63) is 78.1 Å². The van der Waals surface area contributed by atoms with Crippen LogP contribution < -0.4 is 14.8 Å². The Morgan fingerprint density at radius 2 is 1.85 bits per heavy atom. The number of hydrogen-bond donors (Lipinski definition) is 1. The van der Waals surface area contributed by atoms with Crippen LogP contribution in [0.1, 0.15) is 22.6 Å². The lowest BCUT2D eigenvalue weighted by atomic mass is 10.1. The third-order valence-corrected chi connectivity index (χ3v) is 7.13. The van der Waals surface area contributed by atoms with E-state index in [1.54, 1.807) is 61.3 Å². The summed E-state index contributed by atoms with van der Waals surface area (Å²) in [6, 6.07) is 19.7. The number of para-hydroxylation sites is 1. The van der Waals surface area contributed by atoms with Crippen molar-refractivity contribution in [3.8, 4) is 28.7 Å². The van der Waals surface area contributed by atoms with Gasteiger partial charge in [-0.15, -0.1) is 0 Å². The normalized spacial score (nSPS) is 15.1. The van der Waals surface area contributed by atoms with E-state index in [1.165, 1.54) is 11.3 Å². The fraction of sp³-hybridized carbons (Fsp3) is 0.179. The summed E-state index contributed by atoms with van der Waals surface area (Å²) < 4.78 is 18.3. The van der Waals surface area contributed by atoms with Gasteiger partial charge in [0, 0.05) is 37.2 Å². The molecule has 3 aromatic carbocycles. The summed E-state index contributed by atoms with van der Waals surface area (Å²) in [5.41, 5.74) is 1.86. The molecule has 0 bridgehead atoms. The Bertz CT molecular complexity index is 1650. The van der Waals surface area contributed by atoms with E-state index in [1.807, 2.05) is 24.3 Å². The van der Waals surface area contributed by atoms with Gasteiger partial charge < -0.3 is 18.9 Å². The molecular formula is C28H23N5O5S. The Labute approximate surface area is 227 Å². The predicted molar refractivity (Wildman–Crippen MR) is 145 cm³/mol. The average molecular weight is 542 g/mol. The number of benzene rings is 3. The number of carbonyl (C=O) groups excluding carboxylic acids is 2. The van der Waals surface area contributed by atoms with E-state index in [4.69, 9.17) is 14.0 Å². The number of anilines is 1. The van der Waals surface area contributed by atoms with Gasteiger partial charge in [-0.3, -0.25) is 14.9 Å². The molecule has 10 nitrogen and oxygen atoms in total. The molecule has 196 valence electrons. The zero-order valence-electron chi connectivity index (χ0n) is 21.1. The quantitative estimate of drug-likeness (QED) is 0.294. The van der Waals surface area contributed by atoms with Crippen LogP contribution in [0, 0.1) is 6.92 Å². The molecule has 39 heavy (non-hydrogen) atoms. The Morgan fingerprint density at radius 3 is 2.56 bits per heavy atom. The highest BCUT2D eigenvalue weighted by atomic mass is 32.1. The van der Waals surface area contributed by atoms with E-state index in [2.05, 4.69) is 20.4 Å². The molecule has 1 N–H and O–H groups in total. The summed E-state index contributed by atoms with van der Waals surface area (Å²) in [5, 5.41) is 7.16. The summed E-state index contributed by atoms with van der Waals surface area (Å²) in [6.07, 6.45) is -0.0628. The molecule has 6 rings (SSSR count). The molecule has 0 saturated carbocycles. The van der Waals surface area contributed by atoms with Crippen molar-refractivity contribution in [2.75, 3.05) is 18.9 Å². The van der Waals surface area contributed by atoms with Crippen LogP contribution in [-0.4, -0.2) is 51.5 Å². The highest BCUT2D eigenvalue weighted by Crippen LogP contribution is 2.32. The molecule has 2 amide bonds. The fourth-order valence-electron chi connectivity index (χ4n) is 4.20. The highest BCUT2D eigenvalue weighted by molar-refractivity contribution is 7.22. The maximum absolute atomic E-state index is 13.3. The minimum atomic E-state index is -0.623. The van der Waals surface area contributed by atoms with Crippen LogP contribution in [0.5, 0.6) is 17.2 Å². The minimum Gasteiger partial charge on any atom is -0.480 e. The van der Waals surface area contributed by atoms with Gasteiger partial charge >= 0.3 is 0 Å². The molecule has 3 heterocycles. The molecule has 5 aromatic rings. The number of carbonyl (C=O) groups is 2. The van der Waals surface area contributed by atoms with Crippen LogP contribution in [0.25, 0.3) is 21.7 Å². The molecular weight excluding hydrogens is 518 g/mol. The minimum absolute atomic E-state index is 0.103. The topological polar surface area (TPSA) is 120 Å². The highest BCUT2D eigenvalue weighted by Gasteiger charge is 2.31. The summed E-state index contributed by atoms with van der Waals surface area (Å²) in [7, 11) is 1.74. The van der Waals surface area contributed by atoms with Crippen LogP contribution in [0.3, 0.4) is 0 Å². The molecule has 1 aliphatic rings. The van der Waals surface area contributed by atoms with E-state index in [0.29, 0.717) is 52.6 Å². The lowest BCUT2D eigenvalue weighted by molar-refractivity contribution is -0.132. The summed E-state index contributed by atoms with van der Waals surface area (Å²) in [6.45, 7) is 2.36. The number of thiazole rings is 1. The second kappa shape index (κ2) is 10.2. The summed E-state index contributed by atoms with van der Waals surface area (Å²) >= 11 is 1.39. The third-order valence-electron chi connectivity index (χ3n) is 6.18. The fourth-order valence-corrected chi connectivity index (χ4v) is 5.07. The van der Waals surface area contributed by atoms with Gasteiger partial charge in [0.25, 0.3) is 17.7 Å². The Kier molecular flexibility index (Phi) is 6.41. The van der Waals surface area contributed by atoms with E-state index in [0.717, 1.165) is 15.8 Å². The van der Waals surface area contributed by atoms with Gasteiger partial charge in [0.2, 0.25) is 0 Å². The van der Waals surface area contributed by atoms with Crippen molar-refractivity contribution in [3.63, 3.8) is 0 Å². The number of rotatable bonds is 7. The van der Waals surface area contributed by atoms with Crippen molar-refractivity contribution in [1.82, 2.24) is 20.0 Å². The van der Waals surface area contributed by atoms with Crippen LogP contribution >= 0.6 is 11.3 Å². The number of amides is 2. The van der Waals surface area contributed by atoms with Crippen LogP contribution in [0.4, 0.5) is 5.13 Å². The Balaban J connectivity index is 1.27. The number of likely N-dealkylation sites (N-methyl/N-ethyl adjacent to an activating group) is 1. The number of likely N-dealkylation sites (tertiary alicyclic amines) is 1. The predicted octanol–water partition coefficient (Wildman–Crippen LogP) is 5.31. The van der Waals surface area contributed by atoms with Gasteiger partial charge in [-0.2, -0.15) is 4.98 Å². The van der Waals surface area contributed by atoms with Gasteiger partial charge in [0.1, 0.15) is 17.2 Å². The standard InChI is InChI=1S/C28H23N5O5S/c1-16-29-26(38-32-16)17-7-9-19(10-8-17)36-20-13-18(14-21(15-20)37-23-11-12-33(2)27(23)35)25(34)31-28-30-22-5-3-4-6-24(22)39-28/h3-10,13-15,23H,11-12H2,1-2H3,(H,30,31,34). The van der Waals surface area contributed by atoms with E-state index >= 15 is 0 Å². The molecule has 0 spiro atoms. The molecule has 1 unspecified atom stereocenters. The first-order valence-corrected chi connectivity index (χ1v) is 13.1. The van der Waals surface area contributed by atoms with Gasteiger partial charge in [-0.05, 0) is 55.5 Å². The van der Waals surface area contributed by atoms with Crippen molar-refractivity contribution in [2.24, 2.45) is 0 Å². The van der Waals surface area contributed by atoms with Gasteiger partial charge in [-0.1, -0.05) is 28.6 Å². The molecule has 0 radical (unpaired) electrons. The third kappa shape index (κ3) is 5.30. The molecule has 1 saturated heterocycles. The number of aryl methyl sites for hydroxylation is 1. The number of fused-ring (bicyclic) bond motifs is 1. The first-order valence-electron chi connectivity index (χ1n) is 12.2. The monoisotopic (exact) mass is 541 g/mol. The second-order valence-corrected chi connectivity index (χ2v) is 10.1. The first-order chi connectivity index (χ1) is 18.9. The molecule has 0 aliphatic carbocycles. The van der Waals surface area contributed by atoms with Crippen molar-refractivity contribution >= 4 is 38.5 Å². The van der Waals surface area contributed by atoms with Gasteiger partial charge in [0.15, 0.2) is 17.1 Å². The van der Waals surface area contributed by atoms with Crippen LogP contribution in [0.2, 0.25) is 0 Å². The SMILES string of the molecule is Cc1noc(-c2ccc(Oc3cc(OC4CCN(C)C4=O)cc(C(=O)Nc4nc5ccccc5s4)c3)cc2)n1. The largest absolute Gasteiger partial charge is 0.480 e. The van der Waals surface area contributed by atoms with Gasteiger partial charge in [0.05, 0.1) is 10.2 Å². The van der Waals surface area contributed by atoms with Crippen molar-refractivity contribution in [1.29, 1.82) is 0 Å². The number of ether oxygens (including phenoxy) is 2. The average Bonchev–Trinajstić information content (AvgIpc) is 3.63. The second-order valence-electron chi connectivity index (χ2n) is 9.06. The Morgan fingerprint density at radius 1 is 1.05 bits per heavy atom. The zero-order chi connectivity index (χ0) is 26.9. The number of nitrogens with one attached hydrogen (secondary N) is 1. The number of nitrogens with zero attached hydrogens (tertiary/aromatic N) is 4.